The Morgan fingerprint density at radius 2 is 2.00 bits per heavy atom. The number of furan rings is 1. The van der Waals surface area contributed by atoms with Crippen molar-refractivity contribution in [3.05, 3.63) is 54.0 Å². The van der Waals surface area contributed by atoms with Gasteiger partial charge in [0.15, 0.2) is 12.1 Å². The second-order valence-electron chi connectivity index (χ2n) is 8.20. The molecular weight excluding hydrogens is 356 g/mol. The first-order valence-electron chi connectivity index (χ1n) is 9.91. The van der Waals surface area contributed by atoms with Gasteiger partial charge in [-0.15, -0.1) is 0 Å². The number of ether oxygens (including phenoxy) is 3. The van der Waals surface area contributed by atoms with Crippen LogP contribution in [0.1, 0.15) is 68.7 Å². The Hall–Kier alpha value is -2.11. The van der Waals surface area contributed by atoms with Gasteiger partial charge in [-0.05, 0) is 43.9 Å². The predicted molar refractivity (Wildman–Crippen MR) is 106 cm³/mol. The molecular formula is C23H30O5. The maximum atomic E-state index is 12.4. The number of benzene rings is 1. The van der Waals surface area contributed by atoms with Gasteiger partial charge >= 0.3 is 0 Å². The maximum Gasteiger partial charge on any atom is 0.184 e. The Balaban J connectivity index is 1.73. The fourth-order valence-electron chi connectivity index (χ4n) is 3.72. The Labute approximate surface area is 167 Å². The number of carbonyl (C=O) groups excluding carboxylic acids is 1. The van der Waals surface area contributed by atoms with Crippen LogP contribution in [0.25, 0.3) is 0 Å². The fourth-order valence-corrected chi connectivity index (χ4v) is 3.72. The topological polar surface area (TPSA) is 57.9 Å². The Bertz CT molecular complexity index is 750. The van der Waals surface area contributed by atoms with Crippen LogP contribution in [-0.2, 0) is 9.47 Å². The van der Waals surface area contributed by atoms with Gasteiger partial charge in [0.05, 0.1) is 30.6 Å². The number of carbonyl (C=O) groups is 1. The fraction of sp³-hybridized carbons (Fsp3) is 0.522. The second-order valence-corrected chi connectivity index (χ2v) is 8.20. The van der Waals surface area contributed by atoms with E-state index in [2.05, 4.69) is 20.8 Å². The molecule has 1 saturated heterocycles. The number of rotatable bonds is 8. The van der Waals surface area contributed by atoms with E-state index in [0.717, 1.165) is 24.2 Å². The summed E-state index contributed by atoms with van der Waals surface area (Å²) in [5.41, 5.74) is 1.14. The molecule has 5 nitrogen and oxygen atoms in total. The van der Waals surface area contributed by atoms with Gasteiger partial charge < -0.3 is 18.6 Å². The highest BCUT2D eigenvalue weighted by molar-refractivity contribution is 5.95. The predicted octanol–water partition coefficient (Wildman–Crippen LogP) is 5.56. The van der Waals surface area contributed by atoms with E-state index >= 15 is 0 Å². The third kappa shape index (κ3) is 5.24. The highest BCUT2D eigenvalue weighted by atomic mass is 16.7. The van der Waals surface area contributed by atoms with Gasteiger partial charge in [0, 0.05) is 18.4 Å². The number of methoxy groups -OCH3 is 1. The average molecular weight is 386 g/mol. The molecule has 0 amide bonds. The Morgan fingerprint density at radius 1 is 1.25 bits per heavy atom. The molecule has 3 atom stereocenters. The van der Waals surface area contributed by atoms with Crippen LogP contribution in [0.2, 0.25) is 0 Å². The van der Waals surface area contributed by atoms with Crippen LogP contribution in [0.15, 0.2) is 47.3 Å². The first kappa shape index (κ1) is 20.6. The minimum atomic E-state index is -0.447. The minimum absolute atomic E-state index is 0.0754. The van der Waals surface area contributed by atoms with Crippen molar-refractivity contribution < 1.29 is 23.4 Å². The van der Waals surface area contributed by atoms with Gasteiger partial charge in [0.1, 0.15) is 12.0 Å². The van der Waals surface area contributed by atoms with Crippen LogP contribution in [0.5, 0.6) is 5.75 Å². The van der Waals surface area contributed by atoms with Crippen molar-refractivity contribution in [3.8, 4) is 5.75 Å². The zero-order chi connectivity index (χ0) is 20.1. The maximum absolute atomic E-state index is 12.4. The van der Waals surface area contributed by atoms with E-state index in [4.69, 9.17) is 18.6 Å². The molecule has 1 aromatic carbocycles. The van der Waals surface area contributed by atoms with Crippen molar-refractivity contribution in [3.63, 3.8) is 0 Å². The van der Waals surface area contributed by atoms with Crippen LogP contribution >= 0.6 is 0 Å². The van der Waals surface area contributed by atoms with E-state index in [9.17, 15) is 4.79 Å². The van der Waals surface area contributed by atoms with Crippen LogP contribution in [0.4, 0.5) is 0 Å². The van der Waals surface area contributed by atoms with Gasteiger partial charge in [-0.25, -0.2) is 0 Å². The quantitative estimate of drug-likeness (QED) is 0.556. The normalized spacial score (nSPS) is 25.0. The van der Waals surface area contributed by atoms with Crippen LogP contribution < -0.4 is 4.74 Å². The van der Waals surface area contributed by atoms with Gasteiger partial charge in [-0.3, -0.25) is 4.79 Å². The molecule has 0 spiro atoms. The van der Waals surface area contributed by atoms with E-state index in [1.807, 2.05) is 24.3 Å². The monoisotopic (exact) mass is 386 g/mol. The molecule has 5 heteroatoms. The highest BCUT2D eigenvalue weighted by Crippen LogP contribution is 2.40. The van der Waals surface area contributed by atoms with Crippen molar-refractivity contribution in [2.75, 3.05) is 7.11 Å². The first-order chi connectivity index (χ1) is 13.4. The van der Waals surface area contributed by atoms with Gasteiger partial charge in [0.2, 0.25) is 0 Å². The molecule has 152 valence electrons. The van der Waals surface area contributed by atoms with Crippen molar-refractivity contribution in [2.24, 2.45) is 5.92 Å². The van der Waals surface area contributed by atoms with Crippen LogP contribution in [0.3, 0.4) is 0 Å². The molecule has 1 aliphatic heterocycles. The SMILES string of the molecule is COc1ccc(C2OC(CC(C)C)C[C@@](C)(CCC(=O)c3ccoc3)O2)cc1. The van der Waals surface area contributed by atoms with Crippen molar-refractivity contribution in [1.82, 2.24) is 0 Å². The summed E-state index contributed by atoms with van der Waals surface area (Å²) in [5, 5.41) is 0. The second kappa shape index (κ2) is 8.93. The standard InChI is InChI=1S/C23H30O5/c1-16(2)13-20-14-23(3,11-9-21(24)18-10-12-26-15-18)28-22(27-20)17-5-7-19(25-4)8-6-17/h5-8,10,12,15-16,20,22H,9,11,13-14H2,1-4H3/t20?,22?,23-/m1/s1. The molecule has 1 fully saturated rings. The summed E-state index contributed by atoms with van der Waals surface area (Å²) in [6.45, 7) is 6.48. The molecule has 1 aromatic heterocycles. The molecule has 2 heterocycles. The molecule has 0 bridgehead atoms. The number of hydrogen-bond acceptors (Lipinski definition) is 5. The Morgan fingerprint density at radius 3 is 2.61 bits per heavy atom. The molecule has 2 unspecified atom stereocenters. The van der Waals surface area contributed by atoms with Crippen molar-refractivity contribution in [1.29, 1.82) is 0 Å². The number of hydrogen-bond donors (Lipinski definition) is 0. The van der Waals surface area contributed by atoms with Crippen LogP contribution in [0, 0.1) is 5.92 Å². The summed E-state index contributed by atoms with van der Waals surface area (Å²) in [4.78, 5) is 12.4. The third-order valence-corrected chi connectivity index (χ3v) is 5.21. The zero-order valence-corrected chi connectivity index (χ0v) is 17.1. The summed E-state index contributed by atoms with van der Waals surface area (Å²) in [6.07, 6.45) is 5.46. The first-order valence-corrected chi connectivity index (χ1v) is 9.91. The zero-order valence-electron chi connectivity index (χ0n) is 17.1. The van der Waals surface area contributed by atoms with E-state index in [-0.39, 0.29) is 11.9 Å². The van der Waals surface area contributed by atoms with Gasteiger partial charge in [-0.2, -0.15) is 0 Å². The largest absolute Gasteiger partial charge is 0.497 e. The third-order valence-electron chi connectivity index (χ3n) is 5.21. The average Bonchev–Trinajstić information content (AvgIpc) is 3.20. The summed E-state index contributed by atoms with van der Waals surface area (Å²) in [6, 6.07) is 9.47. The molecule has 0 aliphatic carbocycles. The molecule has 0 radical (unpaired) electrons. The molecule has 2 aromatic rings. The lowest BCUT2D eigenvalue weighted by Gasteiger charge is -2.43. The van der Waals surface area contributed by atoms with Gasteiger partial charge in [-0.1, -0.05) is 26.0 Å². The van der Waals surface area contributed by atoms with E-state index in [1.54, 1.807) is 13.2 Å². The van der Waals surface area contributed by atoms with Crippen molar-refractivity contribution in [2.45, 2.75) is 64.4 Å². The Kier molecular flexibility index (Phi) is 6.57. The molecule has 0 N–H and O–H groups in total. The molecule has 28 heavy (non-hydrogen) atoms. The van der Waals surface area contributed by atoms with E-state index < -0.39 is 11.9 Å². The lowest BCUT2D eigenvalue weighted by molar-refractivity contribution is -0.286. The van der Waals surface area contributed by atoms with E-state index in [1.165, 1.54) is 12.5 Å². The molecule has 0 saturated carbocycles. The summed E-state index contributed by atoms with van der Waals surface area (Å²) < 4.78 is 22.9. The molecule has 1 aliphatic rings. The van der Waals surface area contributed by atoms with Gasteiger partial charge in [0.25, 0.3) is 0 Å². The van der Waals surface area contributed by atoms with Crippen molar-refractivity contribution >= 4 is 5.78 Å². The smallest absolute Gasteiger partial charge is 0.184 e. The minimum Gasteiger partial charge on any atom is -0.497 e. The number of ketones is 1. The highest BCUT2D eigenvalue weighted by Gasteiger charge is 2.39. The summed E-state index contributed by atoms with van der Waals surface area (Å²) in [5.74, 6) is 1.40. The lowest BCUT2D eigenvalue weighted by Crippen LogP contribution is -2.43. The van der Waals surface area contributed by atoms with Crippen LogP contribution in [-0.4, -0.2) is 24.6 Å². The number of Topliss-reactive ketones (excluding diaryl/α,β-unsaturated/α-hetero) is 1. The lowest BCUT2D eigenvalue weighted by atomic mass is 9.87. The molecule has 3 rings (SSSR count). The summed E-state index contributed by atoms with van der Waals surface area (Å²) >= 11 is 0. The van der Waals surface area contributed by atoms with E-state index in [0.29, 0.717) is 24.3 Å². The summed E-state index contributed by atoms with van der Waals surface area (Å²) in [7, 11) is 1.65.